The van der Waals surface area contributed by atoms with Crippen molar-refractivity contribution in [3.63, 3.8) is 0 Å². The van der Waals surface area contributed by atoms with Crippen molar-refractivity contribution in [2.75, 3.05) is 41.0 Å². The predicted molar refractivity (Wildman–Crippen MR) is 119 cm³/mol. The van der Waals surface area contributed by atoms with E-state index in [-0.39, 0.29) is 22.1 Å². The van der Waals surface area contributed by atoms with Gasteiger partial charge < -0.3 is 19.5 Å². The number of nitrogens with zero attached hydrogens (tertiary/aromatic N) is 1. The van der Waals surface area contributed by atoms with Gasteiger partial charge in [-0.05, 0) is 36.2 Å². The molecule has 0 fully saturated rings. The highest BCUT2D eigenvalue weighted by atomic mass is 32.2. The average molecular weight is 451 g/mol. The maximum atomic E-state index is 13.0. The largest absolute Gasteiger partial charge is 0.497 e. The zero-order chi connectivity index (χ0) is 23.0. The minimum atomic E-state index is -3.78. The molecule has 0 aromatic heterocycles. The minimum absolute atomic E-state index is 0.0248. The lowest BCUT2D eigenvalue weighted by Gasteiger charge is -2.20. The molecule has 2 rings (SSSR count). The van der Waals surface area contributed by atoms with Crippen molar-refractivity contribution in [1.82, 2.24) is 9.62 Å². The minimum Gasteiger partial charge on any atom is -0.497 e. The molecule has 0 saturated carbocycles. The number of rotatable bonds is 11. The lowest BCUT2D eigenvalue weighted by Crippen LogP contribution is -2.31. The van der Waals surface area contributed by atoms with Gasteiger partial charge in [0.15, 0.2) is 0 Å². The van der Waals surface area contributed by atoms with Crippen molar-refractivity contribution in [1.29, 1.82) is 0 Å². The quantitative estimate of drug-likeness (QED) is 0.566. The molecule has 1 N–H and O–H groups in total. The van der Waals surface area contributed by atoms with E-state index in [0.717, 1.165) is 5.56 Å². The van der Waals surface area contributed by atoms with E-state index in [9.17, 15) is 13.2 Å². The van der Waals surface area contributed by atoms with Crippen molar-refractivity contribution in [2.45, 2.75) is 25.2 Å². The fourth-order valence-electron chi connectivity index (χ4n) is 3.19. The highest BCUT2D eigenvalue weighted by Gasteiger charge is 2.26. The molecule has 1 amide bonds. The average Bonchev–Trinajstić information content (AvgIpc) is 2.79. The summed E-state index contributed by atoms with van der Waals surface area (Å²) in [6.45, 7) is 4.52. The molecule has 8 nitrogen and oxygen atoms in total. The Morgan fingerprint density at radius 3 is 2.19 bits per heavy atom. The Balaban J connectivity index is 2.18. The van der Waals surface area contributed by atoms with E-state index in [1.54, 1.807) is 40.2 Å². The predicted octanol–water partition coefficient (Wildman–Crippen LogP) is 2.72. The molecule has 0 spiro atoms. The van der Waals surface area contributed by atoms with Gasteiger partial charge in [0, 0.05) is 31.3 Å². The Hall–Kier alpha value is -2.78. The third kappa shape index (κ3) is 5.68. The third-order valence-electron chi connectivity index (χ3n) is 4.92. The van der Waals surface area contributed by atoms with E-state index in [1.165, 1.54) is 23.5 Å². The fourth-order valence-corrected chi connectivity index (χ4v) is 4.83. The van der Waals surface area contributed by atoms with Crippen molar-refractivity contribution in [3.8, 4) is 17.2 Å². The number of benzene rings is 2. The summed E-state index contributed by atoms with van der Waals surface area (Å²) in [7, 11) is 0.779. The molecule has 2 aromatic rings. The third-order valence-corrected chi connectivity index (χ3v) is 6.99. The molecule has 0 radical (unpaired) electrons. The second-order valence-electron chi connectivity index (χ2n) is 6.64. The number of hydrogen-bond acceptors (Lipinski definition) is 6. The van der Waals surface area contributed by atoms with Crippen molar-refractivity contribution < 1.29 is 27.4 Å². The first-order valence-electron chi connectivity index (χ1n) is 9.99. The molecule has 0 aliphatic carbocycles. The van der Waals surface area contributed by atoms with Crippen LogP contribution in [0.3, 0.4) is 0 Å². The molecule has 9 heteroatoms. The number of methoxy groups -OCH3 is 3. The number of nitrogens with one attached hydrogen (secondary N) is 1. The summed E-state index contributed by atoms with van der Waals surface area (Å²) in [5.74, 6) is 1.19. The van der Waals surface area contributed by atoms with Crippen molar-refractivity contribution >= 4 is 15.9 Å². The SMILES string of the molecule is CCN(CC)S(=O)(=O)c1cc(C(=O)NCCc2ccc(OC)cc2OC)ccc1OC. The van der Waals surface area contributed by atoms with E-state index < -0.39 is 10.0 Å². The molecule has 0 atom stereocenters. The van der Waals surface area contributed by atoms with Crippen LogP contribution in [0, 0.1) is 0 Å². The molecule has 0 bridgehead atoms. The van der Waals surface area contributed by atoms with Crippen LogP contribution in [-0.4, -0.2) is 59.6 Å². The number of hydrogen-bond donors (Lipinski definition) is 1. The summed E-state index contributed by atoms with van der Waals surface area (Å²) in [6, 6.07) is 9.89. The van der Waals surface area contributed by atoms with Crippen LogP contribution >= 0.6 is 0 Å². The molecule has 0 saturated heterocycles. The fraction of sp³-hybridized carbons (Fsp3) is 0.409. The molecule has 0 aliphatic rings. The summed E-state index contributed by atoms with van der Waals surface area (Å²) in [5.41, 5.74) is 1.16. The van der Waals surface area contributed by atoms with Gasteiger partial charge in [-0.15, -0.1) is 0 Å². The molecular weight excluding hydrogens is 420 g/mol. The van der Waals surface area contributed by atoms with Gasteiger partial charge in [0.1, 0.15) is 22.1 Å². The zero-order valence-electron chi connectivity index (χ0n) is 18.6. The monoisotopic (exact) mass is 450 g/mol. The Bertz CT molecular complexity index is 1000. The first-order chi connectivity index (χ1) is 14.8. The Kier molecular flexibility index (Phi) is 8.70. The standard InChI is InChI=1S/C22H30N2O6S/c1-6-24(7-2)31(26,27)21-14-17(9-11-19(21)29-4)22(25)23-13-12-16-8-10-18(28-3)15-20(16)30-5/h8-11,14-15H,6-7,12-13H2,1-5H3,(H,23,25). The van der Waals surface area contributed by atoms with Gasteiger partial charge in [0.25, 0.3) is 5.91 Å². The summed E-state index contributed by atoms with van der Waals surface area (Å²) in [5, 5.41) is 2.83. The summed E-state index contributed by atoms with van der Waals surface area (Å²) >= 11 is 0. The van der Waals surface area contributed by atoms with Gasteiger partial charge in [0.2, 0.25) is 10.0 Å². The summed E-state index contributed by atoms with van der Waals surface area (Å²) < 4.78 is 43.0. The normalized spacial score (nSPS) is 11.3. The lowest BCUT2D eigenvalue weighted by atomic mass is 10.1. The van der Waals surface area contributed by atoms with E-state index in [4.69, 9.17) is 14.2 Å². The molecule has 170 valence electrons. The number of sulfonamides is 1. The second kappa shape index (κ2) is 11.0. The number of ether oxygens (including phenoxy) is 3. The second-order valence-corrected chi connectivity index (χ2v) is 8.55. The van der Waals surface area contributed by atoms with Crippen LogP contribution in [0.4, 0.5) is 0 Å². The first kappa shape index (κ1) is 24.5. The van der Waals surface area contributed by atoms with Gasteiger partial charge in [-0.1, -0.05) is 19.9 Å². The molecule has 0 aliphatic heterocycles. The first-order valence-corrected chi connectivity index (χ1v) is 11.4. The number of carbonyl (C=O) groups is 1. The molecule has 2 aromatic carbocycles. The zero-order valence-corrected chi connectivity index (χ0v) is 19.4. The van der Waals surface area contributed by atoms with Crippen LogP contribution in [0.5, 0.6) is 17.2 Å². The van der Waals surface area contributed by atoms with E-state index in [0.29, 0.717) is 37.6 Å². The molecule has 0 unspecified atom stereocenters. The van der Waals surface area contributed by atoms with Crippen LogP contribution in [0.25, 0.3) is 0 Å². The number of amides is 1. The van der Waals surface area contributed by atoms with Crippen molar-refractivity contribution in [3.05, 3.63) is 47.5 Å². The highest BCUT2D eigenvalue weighted by molar-refractivity contribution is 7.89. The summed E-state index contributed by atoms with van der Waals surface area (Å²) in [6.07, 6.45) is 0.541. The van der Waals surface area contributed by atoms with Gasteiger partial charge >= 0.3 is 0 Å². The molecule has 0 heterocycles. The van der Waals surface area contributed by atoms with Gasteiger partial charge in [-0.3, -0.25) is 4.79 Å². The Labute approximate surface area is 184 Å². The molecular formula is C22H30N2O6S. The smallest absolute Gasteiger partial charge is 0.251 e. The topological polar surface area (TPSA) is 94.2 Å². The maximum Gasteiger partial charge on any atom is 0.251 e. The van der Waals surface area contributed by atoms with E-state index in [2.05, 4.69) is 5.32 Å². The van der Waals surface area contributed by atoms with Crippen LogP contribution < -0.4 is 19.5 Å². The van der Waals surface area contributed by atoms with Crippen LogP contribution in [-0.2, 0) is 16.4 Å². The Morgan fingerprint density at radius 2 is 1.61 bits per heavy atom. The van der Waals surface area contributed by atoms with Crippen LogP contribution in [0.1, 0.15) is 29.8 Å². The van der Waals surface area contributed by atoms with E-state index >= 15 is 0 Å². The molecule has 31 heavy (non-hydrogen) atoms. The maximum absolute atomic E-state index is 13.0. The number of carbonyl (C=O) groups excluding carboxylic acids is 1. The van der Waals surface area contributed by atoms with Gasteiger partial charge in [-0.25, -0.2) is 8.42 Å². The van der Waals surface area contributed by atoms with Crippen molar-refractivity contribution in [2.24, 2.45) is 0 Å². The van der Waals surface area contributed by atoms with Gasteiger partial charge in [-0.2, -0.15) is 4.31 Å². The van der Waals surface area contributed by atoms with Crippen LogP contribution in [0.2, 0.25) is 0 Å². The summed E-state index contributed by atoms with van der Waals surface area (Å²) in [4.78, 5) is 12.6. The van der Waals surface area contributed by atoms with Gasteiger partial charge in [0.05, 0.1) is 21.3 Å². The lowest BCUT2D eigenvalue weighted by molar-refractivity contribution is 0.0953. The van der Waals surface area contributed by atoms with Crippen LogP contribution in [0.15, 0.2) is 41.3 Å². The van der Waals surface area contributed by atoms with E-state index in [1.807, 2.05) is 12.1 Å². The Morgan fingerprint density at radius 1 is 0.935 bits per heavy atom. The highest BCUT2D eigenvalue weighted by Crippen LogP contribution is 2.28.